The van der Waals surface area contributed by atoms with Crippen LogP contribution in [0.1, 0.15) is 50.0 Å². The van der Waals surface area contributed by atoms with Gasteiger partial charge in [0.05, 0.1) is 16.7 Å². The minimum Gasteiger partial charge on any atom is -0.353 e. The summed E-state index contributed by atoms with van der Waals surface area (Å²) in [6, 6.07) is 6.06. The topological polar surface area (TPSA) is 21.7 Å². The minimum atomic E-state index is 0.0315. The molecule has 0 saturated carbocycles. The third-order valence-electron chi connectivity index (χ3n) is 4.98. The Morgan fingerprint density at radius 1 is 1.12 bits per heavy atom. The van der Waals surface area contributed by atoms with Crippen LogP contribution in [0, 0.1) is 0 Å². The average molecular weight is 372 g/mol. The standard InChI is InChI=1S/C19H27Cl2NO2/c20-17-8-7-15(13-18(17)21)16-5-3-9-22(14-16)10-4-12-24-19-6-1-2-11-23-19/h7-8,13,16,19H,1-6,9-12,14H2. The summed E-state index contributed by atoms with van der Waals surface area (Å²) in [6.45, 7) is 5.00. The van der Waals surface area contributed by atoms with Crippen molar-refractivity contribution in [1.82, 2.24) is 4.90 Å². The Hall–Kier alpha value is -0.320. The number of hydrogen-bond donors (Lipinski definition) is 0. The number of hydrogen-bond acceptors (Lipinski definition) is 3. The van der Waals surface area contributed by atoms with Crippen molar-refractivity contribution >= 4 is 23.2 Å². The third-order valence-corrected chi connectivity index (χ3v) is 5.72. The molecule has 2 aliphatic heterocycles. The lowest BCUT2D eigenvalue weighted by atomic mass is 9.90. The first-order chi connectivity index (χ1) is 11.7. The number of piperidine rings is 1. The first-order valence-electron chi connectivity index (χ1n) is 9.13. The summed E-state index contributed by atoms with van der Waals surface area (Å²) in [4.78, 5) is 2.54. The molecule has 3 rings (SSSR count). The predicted molar refractivity (Wildman–Crippen MR) is 99.0 cm³/mol. The lowest BCUT2D eigenvalue weighted by Gasteiger charge is -2.33. The van der Waals surface area contributed by atoms with E-state index in [4.69, 9.17) is 32.7 Å². The molecule has 1 aromatic carbocycles. The van der Waals surface area contributed by atoms with Gasteiger partial charge in [0, 0.05) is 19.7 Å². The van der Waals surface area contributed by atoms with Gasteiger partial charge >= 0.3 is 0 Å². The highest BCUT2D eigenvalue weighted by molar-refractivity contribution is 6.42. The fourth-order valence-corrected chi connectivity index (χ4v) is 3.95. The monoisotopic (exact) mass is 371 g/mol. The molecule has 2 saturated heterocycles. The first-order valence-corrected chi connectivity index (χ1v) is 9.88. The SMILES string of the molecule is Clc1ccc(C2CCCN(CCCOC3CCCCO3)C2)cc1Cl. The van der Waals surface area contributed by atoms with E-state index in [0.29, 0.717) is 16.0 Å². The van der Waals surface area contributed by atoms with Crippen LogP contribution in [-0.4, -0.2) is 44.0 Å². The summed E-state index contributed by atoms with van der Waals surface area (Å²) in [6.07, 6.45) is 6.99. The van der Waals surface area contributed by atoms with Crippen LogP contribution in [0.2, 0.25) is 10.0 Å². The first kappa shape index (κ1) is 18.5. The van der Waals surface area contributed by atoms with Crippen molar-refractivity contribution in [3.05, 3.63) is 33.8 Å². The zero-order chi connectivity index (χ0) is 16.8. The number of ether oxygens (including phenoxy) is 2. The molecule has 0 aliphatic carbocycles. The van der Waals surface area contributed by atoms with Crippen molar-refractivity contribution in [2.24, 2.45) is 0 Å². The normalized spacial score (nSPS) is 25.8. The van der Waals surface area contributed by atoms with E-state index < -0.39 is 0 Å². The minimum absolute atomic E-state index is 0.0315. The zero-order valence-corrected chi connectivity index (χ0v) is 15.7. The van der Waals surface area contributed by atoms with Crippen molar-refractivity contribution < 1.29 is 9.47 Å². The Kier molecular flexibility index (Phi) is 7.23. The summed E-state index contributed by atoms with van der Waals surface area (Å²) >= 11 is 12.2. The van der Waals surface area contributed by atoms with Gasteiger partial charge in [-0.2, -0.15) is 0 Å². The molecule has 5 heteroatoms. The number of benzene rings is 1. The smallest absolute Gasteiger partial charge is 0.157 e. The summed E-state index contributed by atoms with van der Waals surface area (Å²) in [5.41, 5.74) is 1.31. The Labute approximate surface area is 155 Å². The van der Waals surface area contributed by atoms with Gasteiger partial charge < -0.3 is 14.4 Å². The molecule has 134 valence electrons. The molecule has 0 radical (unpaired) electrons. The van der Waals surface area contributed by atoms with Crippen LogP contribution in [0.15, 0.2) is 18.2 Å². The van der Waals surface area contributed by atoms with E-state index in [1.165, 1.54) is 37.8 Å². The molecule has 2 atom stereocenters. The second-order valence-corrected chi connectivity index (χ2v) is 7.65. The third kappa shape index (κ3) is 5.34. The quantitative estimate of drug-likeness (QED) is 0.648. The van der Waals surface area contributed by atoms with Gasteiger partial charge in [-0.05, 0) is 68.7 Å². The highest BCUT2D eigenvalue weighted by Gasteiger charge is 2.22. The molecule has 0 bridgehead atoms. The molecule has 2 heterocycles. The van der Waals surface area contributed by atoms with Gasteiger partial charge in [-0.15, -0.1) is 0 Å². The van der Waals surface area contributed by atoms with Gasteiger partial charge in [-0.3, -0.25) is 0 Å². The summed E-state index contributed by atoms with van der Waals surface area (Å²) in [5.74, 6) is 0.552. The summed E-state index contributed by atoms with van der Waals surface area (Å²) in [5, 5.41) is 1.29. The number of halogens is 2. The molecule has 0 spiro atoms. The maximum absolute atomic E-state index is 6.17. The van der Waals surface area contributed by atoms with Gasteiger partial charge in [0.15, 0.2) is 6.29 Å². The van der Waals surface area contributed by atoms with Gasteiger partial charge in [0.25, 0.3) is 0 Å². The molecule has 3 nitrogen and oxygen atoms in total. The van der Waals surface area contributed by atoms with E-state index in [1.807, 2.05) is 12.1 Å². The molecular weight excluding hydrogens is 345 g/mol. The zero-order valence-electron chi connectivity index (χ0n) is 14.2. The van der Waals surface area contributed by atoms with Crippen molar-refractivity contribution in [3.8, 4) is 0 Å². The molecule has 2 unspecified atom stereocenters. The van der Waals surface area contributed by atoms with Crippen LogP contribution >= 0.6 is 23.2 Å². The largest absolute Gasteiger partial charge is 0.353 e. The molecule has 0 N–H and O–H groups in total. The van der Waals surface area contributed by atoms with E-state index in [1.54, 1.807) is 0 Å². The van der Waals surface area contributed by atoms with E-state index in [9.17, 15) is 0 Å². The fraction of sp³-hybridized carbons (Fsp3) is 0.684. The van der Waals surface area contributed by atoms with Gasteiger partial charge in [0.2, 0.25) is 0 Å². The number of rotatable bonds is 6. The van der Waals surface area contributed by atoms with Crippen molar-refractivity contribution in [1.29, 1.82) is 0 Å². The van der Waals surface area contributed by atoms with E-state index in [-0.39, 0.29) is 6.29 Å². The highest BCUT2D eigenvalue weighted by Crippen LogP contribution is 2.31. The molecule has 0 aromatic heterocycles. The Bertz CT molecular complexity index is 520. The van der Waals surface area contributed by atoms with E-state index in [2.05, 4.69) is 11.0 Å². The second kappa shape index (κ2) is 9.40. The van der Waals surface area contributed by atoms with Gasteiger partial charge in [0.1, 0.15) is 0 Å². The maximum atomic E-state index is 6.17. The lowest BCUT2D eigenvalue weighted by Crippen LogP contribution is -2.35. The molecule has 24 heavy (non-hydrogen) atoms. The van der Waals surface area contributed by atoms with E-state index >= 15 is 0 Å². The van der Waals surface area contributed by atoms with Crippen LogP contribution < -0.4 is 0 Å². The molecule has 1 aromatic rings. The Balaban J connectivity index is 1.41. The van der Waals surface area contributed by atoms with E-state index in [0.717, 1.165) is 39.1 Å². The van der Waals surface area contributed by atoms with Crippen LogP contribution in [0.25, 0.3) is 0 Å². The summed E-state index contributed by atoms with van der Waals surface area (Å²) < 4.78 is 11.4. The number of likely N-dealkylation sites (tertiary alicyclic amines) is 1. The van der Waals surface area contributed by atoms with Crippen LogP contribution in [0.5, 0.6) is 0 Å². The average Bonchev–Trinajstić information content (AvgIpc) is 2.62. The molecule has 0 amide bonds. The van der Waals surface area contributed by atoms with Crippen molar-refractivity contribution in [2.75, 3.05) is 32.8 Å². The highest BCUT2D eigenvalue weighted by atomic mass is 35.5. The van der Waals surface area contributed by atoms with Crippen LogP contribution in [-0.2, 0) is 9.47 Å². The lowest BCUT2D eigenvalue weighted by molar-refractivity contribution is -0.163. The van der Waals surface area contributed by atoms with Gasteiger partial charge in [-0.1, -0.05) is 29.3 Å². The van der Waals surface area contributed by atoms with Gasteiger partial charge in [-0.25, -0.2) is 0 Å². The Morgan fingerprint density at radius 2 is 2.04 bits per heavy atom. The van der Waals surface area contributed by atoms with Crippen LogP contribution in [0.4, 0.5) is 0 Å². The Morgan fingerprint density at radius 3 is 2.83 bits per heavy atom. The summed E-state index contributed by atoms with van der Waals surface area (Å²) in [7, 11) is 0. The number of nitrogens with zero attached hydrogens (tertiary/aromatic N) is 1. The molecular formula is C19H27Cl2NO2. The second-order valence-electron chi connectivity index (χ2n) is 6.83. The van der Waals surface area contributed by atoms with Crippen molar-refractivity contribution in [2.45, 2.75) is 50.7 Å². The fourth-order valence-electron chi connectivity index (χ4n) is 3.64. The van der Waals surface area contributed by atoms with Crippen LogP contribution in [0.3, 0.4) is 0 Å². The molecule has 2 fully saturated rings. The predicted octanol–water partition coefficient (Wildman–Crippen LogP) is 5.11. The van der Waals surface area contributed by atoms with Crippen molar-refractivity contribution in [3.63, 3.8) is 0 Å². The molecule has 2 aliphatic rings. The maximum Gasteiger partial charge on any atom is 0.157 e.